The Labute approximate surface area is 43.1 Å². The Bertz CT molecular complexity index is 79.0. The van der Waals surface area contributed by atoms with Crippen LogP contribution in [0.4, 0.5) is 0 Å². The van der Waals surface area contributed by atoms with Crippen LogP contribution in [0, 0.1) is 0 Å². The third-order valence-electron chi connectivity index (χ3n) is 0. The Morgan fingerprint density at radius 3 is 1.40 bits per heavy atom. The van der Waals surface area contributed by atoms with Crippen molar-refractivity contribution in [2.24, 2.45) is 0 Å². The van der Waals surface area contributed by atoms with Crippen molar-refractivity contribution in [3.8, 4) is 0 Å². The number of rotatable bonds is 0. The van der Waals surface area contributed by atoms with Gasteiger partial charge in [0.1, 0.15) is 10.5 Å². The van der Waals surface area contributed by atoms with Crippen LogP contribution in [0.5, 0.6) is 0 Å². The van der Waals surface area contributed by atoms with Crippen molar-refractivity contribution in [1.29, 1.82) is 0 Å². The SMILES string of the molecule is [Li+].[N-]=S(=O)=O. The number of hydrogen-bond donors (Lipinski definition) is 0. The Balaban J connectivity index is 0. The maximum absolute atomic E-state index is 8.56. The van der Waals surface area contributed by atoms with Crippen molar-refractivity contribution < 1.29 is 27.3 Å². The fraction of sp³-hybridized carbons (Fsp3) is 0. The van der Waals surface area contributed by atoms with Crippen LogP contribution < -0.4 is 18.9 Å². The van der Waals surface area contributed by atoms with Crippen LogP contribution in [-0.2, 0) is 10.5 Å². The predicted molar refractivity (Wildman–Crippen MR) is 12.3 cm³/mol. The number of nitrogens with zero attached hydrogens (tertiary/aromatic N) is 1. The van der Waals surface area contributed by atoms with Gasteiger partial charge in [-0.3, -0.25) is 0 Å². The molecule has 0 radical (unpaired) electrons. The summed E-state index contributed by atoms with van der Waals surface area (Å²) in [6.07, 6.45) is 0. The maximum Gasteiger partial charge on any atom is 1.00 e. The minimum atomic E-state index is -2.86. The molecule has 0 fully saturated rings. The molecule has 0 aromatic heterocycles. The molecule has 0 aliphatic heterocycles. The minimum Gasteiger partial charge on any atom is -0.686 e. The molecule has 0 amide bonds. The molecule has 0 aliphatic carbocycles. The maximum atomic E-state index is 8.56. The summed E-state index contributed by atoms with van der Waals surface area (Å²) >= 11 is 0. The van der Waals surface area contributed by atoms with E-state index >= 15 is 0 Å². The summed E-state index contributed by atoms with van der Waals surface area (Å²) in [5, 5.41) is 0. The van der Waals surface area contributed by atoms with Gasteiger partial charge in [0, 0.05) is 0 Å². The molecule has 0 aliphatic rings. The molecular formula is LiNO2S. The fourth-order valence-electron chi connectivity index (χ4n) is 0. The van der Waals surface area contributed by atoms with E-state index in [9.17, 15) is 0 Å². The van der Waals surface area contributed by atoms with Crippen LogP contribution in [-0.4, -0.2) is 8.42 Å². The van der Waals surface area contributed by atoms with E-state index in [2.05, 4.69) is 0 Å². The molecule has 5 heavy (non-hydrogen) atoms. The summed E-state index contributed by atoms with van der Waals surface area (Å²) in [5.74, 6) is 0. The zero-order valence-corrected chi connectivity index (χ0v) is 3.49. The van der Waals surface area contributed by atoms with Crippen molar-refractivity contribution in [3.05, 3.63) is 4.78 Å². The van der Waals surface area contributed by atoms with E-state index in [0.717, 1.165) is 0 Å². The van der Waals surface area contributed by atoms with Crippen molar-refractivity contribution in [1.82, 2.24) is 0 Å². The first-order valence-corrected chi connectivity index (χ1v) is 1.55. The monoisotopic (exact) mass is 85.0 g/mol. The molecule has 0 unspecified atom stereocenters. The summed E-state index contributed by atoms with van der Waals surface area (Å²) in [6.45, 7) is 0. The molecule has 0 saturated heterocycles. The van der Waals surface area contributed by atoms with Crippen LogP contribution in [0.1, 0.15) is 0 Å². The average Bonchev–Trinajstić information content (AvgIpc) is 0.811. The zero-order valence-electron chi connectivity index (χ0n) is 2.67. The Kier molecular flexibility index (Phi) is 7.56. The minimum absolute atomic E-state index is 0. The van der Waals surface area contributed by atoms with E-state index in [1.54, 1.807) is 0 Å². The molecular weight excluding hydrogens is 85.0 g/mol. The zero-order chi connectivity index (χ0) is 3.58. The molecule has 0 N–H and O–H groups in total. The molecule has 0 rings (SSSR count). The number of hydrogen-bond acceptors (Lipinski definition) is 2. The molecule has 0 saturated carbocycles. The Morgan fingerprint density at radius 2 is 1.40 bits per heavy atom. The van der Waals surface area contributed by atoms with Crippen molar-refractivity contribution in [3.63, 3.8) is 0 Å². The van der Waals surface area contributed by atoms with Gasteiger partial charge in [-0.1, -0.05) is 0 Å². The molecule has 0 bridgehead atoms. The first kappa shape index (κ1) is 8.96. The van der Waals surface area contributed by atoms with Crippen LogP contribution in [0.15, 0.2) is 0 Å². The first-order valence-electron chi connectivity index (χ1n) is 0.516. The van der Waals surface area contributed by atoms with E-state index in [1.165, 1.54) is 0 Å². The van der Waals surface area contributed by atoms with Gasteiger partial charge < -0.3 is 4.78 Å². The molecule has 0 aromatic rings. The summed E-state index contributed by atoms with van der Waals surface area (Å²) in [4.78, 5) is 0. The van der Waals surface area contributed by atoms with Gasteiger partial charge in [-0.2, -0.15) is 0 Å². The Hall–Kier alpha value is 0.217. The second-order valence-corrected chi connectivity index (χ2v) is 0.651. The van der Waals surface area contributed by atoms with Crippen molar-refractivity contribution in [2.45, 2.75) is 0 Å². The summed E-state index contributed by atoms with van der Waals surface area (Å²) in [5.41, 5.74) is 0. The van der Waals surface area contributed by atoms with Gasteiger partial charge in [0.05, 0.1) is 0 Å². The predicted octanol–water partition coefficient (Wildman–Crippen LogP) is -3.38. The fourth-order valence-corrected chi connectivity index (χ4v) is 0. The van der Waals surface area contributed by atoms with E-state index in [0.29, 0.717) is 0 Å². The van der Waals surface area contributed by atoms with Crippen LogP contribution in [0.2, 0.25) is 0 Å². The molecule has 0 atom stereocenters. The van der Waals surface area contributed by atoms with E-state index in [4.69, 9.17) is 13.2 Å². The average molecular weight is 85.0 g/mol. The topological polar surface area (TPSA) is 56.4 Å². The van der Waals surface area contributed by atoms with Gasteiger partial charge in [0.2, 0.25) is 0 Å². The van der Waals surface area contributed by atoms with Gasteiger partial charge in [-0.25, -0.2) is 8.42 Å². The third kappa shape index (κ3) is 439. The van der Waals surface area contributed by atoms with Crippen molar-refractivity contribution >= 4 is 10.5 Å². The van der Waals surface area contributed by atoms with E-state index in [-0.39, 0.29) is 18.9 Å². The normalized spacial score (nSPS) is 4.80. The largest absolute Gasteiger partial charge is 1.00 e. The summed E-state index contributed by atoms with van der Waals surface area (Å²) in [7, 11) is -2.86. The second-order valence-electron chi connectivity index (χ2n) is 0.217. The first-order chi connectivity index (χ1) is 1.73. The Morgan fingerprint density at radius 1 is 1.40 bits per heavy atom. The van der Waals surface area contributed by atoms with Gasteiger partial charge in [-0.15, -0.1) is 0 Å². The van der Waals surface area contributed by atoms with Gasteiger partial charge >= 0.3 is 18.9 Å². The van der Waals surface area contributed by atoms with Crippen molar-refractivity contribution in [2.75, 3.05) is 0 Å². The standard InChI is InChI=1S/Li.NO2S/c;1-4(2)3/q+1;-1. The van der Waals surface area contributed by atoms with Crippen LogP contribution in [0.25, 0.3) is 4.78 Å². The molecule has 0 heterocycles. The quantitative estimate of drug-likeness (QED) is 0.288. The molecule has 3 nitrogen and oxygen atoms in total. The molecule has 0 spiro atoms. The summed E-state index contributed by atoms with van der Waals surface area (Å²) < 4.78 is 24.1. The van der Waals surface area contributed by atoms with Gasteiger partial charge in [0.25, 0.3) is 0 Å². The molecule has 0 aromatic carbocycles. The van der Waals surface area contributed by atoms with Crippen LogP contribution >= 0.6 is 0 Å². The van der Waals surface area contributed by atoms with E-state index < -0.39 is 10.5 Å². The van der Waals surface area contributed by atoms with E-state index in [1.807, 2.05) is 0 Å². The van der Waals surface area contributed by atoms with Gasteiger partial charge in [-0.05, 0) is 0 Å². The molecule has 5 heteroatoms. The molecule has 24 valence electrons. The second kappa shape index (κ2) is 4.22. The smallest absolute Gasteiger partial charge is 0.686 e. The van der Waals surface area contributed by atoms with Crippen LogP contribution in [0.3, 0.4) is 0 Å². The summed E-state index contributed by atoms with van der Waals surface area (Å²) in [6, 6.07) is 0. The van der Waals surface area contributed by atoms with Gasteiger partial charge in [0.15, 0.2) is 0 Å². The third-order valence-corrected chi connectivity index (χ3v) is 0.